The van der Waals surface area contributed by atoms with Crippen LogP contribution >= 0.6 is 11.3 Å². The van der Waals surface area contributed by atoms with Crippen molar-refractivity contribution in [2.75, 3.05) is 27.2 Å². The van der Waals surface area contributed by atoms with E-state index in [2.05, 4.69) is 23.9 Å². The van der Waals surface area contributed by atoms with E-state index in [4.69, 9.17) is 5.11 Å². The van der Waals surface area contributed by atoms with Gasteiger partial charge in [-0.25, -0.2) is 4.79 Å². The molecule has 0 aliphatic carbocycles. The third kappa shape index (κ3) is 3.31. The maximum atomic E-state index is 10.8. The SMILES string of the molecule is CN(C)C1CCCN(Cc2ccc(C(=O)O)s2)C1. The molecule has 0 bridgehead atoms. The molecule has 1 aromatic heterocycles. The summed E-state index contributed by atoms with van der Waals surface area (Å²) in [6.45, 7) is 3.07. The molecular formula is C13H20N2O2S. The second-order valence-corrected chi connectivity index (χ2v) is 6.23. The standard InChI is InChI=1S/C13H20N2O2S/c1-14(2)10-4-3-7-15(8-10)9-11-5-6-12(18-11)13(16)17/h5-6,10H,3-4,7-9H2,1-2H3,(H,16,17). The average molecular weight is 268 g/mol. The number of carboxylic acid groups (broad SMARTS) is 1. The number of likely N-dealkylation sites (tertiary alicyclic amines) is 1. The predicted octanol–water partition coefficient (Wildman–Crippen LogP) is 1.97. The second-order valence-electron chi connectivity index (χ2n) is 5.07. The highest BCUT2D eigenvalue weighted by Gasteiger charge is 2.21. The number of carboxylic acids is 1. The van der Waals surface area contributed by atoms with Crippen LogP contribution in [-0.2, 0) is 6.54 Å². The minimum atomic E-state index is -0.823. The summed E-state index contributed by atoms with van der Waals surface area (Å²) in [4.78, 5) is 17.1. The fourth-order valence-electron chi connectivity index (χ4n) is 2.39. The Morgan fingerprint density at radius 3 is 2.94 bits per heavy atom. The Hall–Kier alpha value is -0.910. The lowest BCUT2D eigenvalue weighted by Gasteiger charge is -2.35. The van der Waals surface area contributed by atoms with Gasteiger partial charge in [0.05, 0.1) is 0 Å². The third-order valence-electron chi connectivity index (χ3n) is 3.46. The molecule has 18 heavy (non-hydrogen) atoms. The summed E-state index contributed by atoms with van der Waals surface area (Å²) in [7, 11) is 4.25. The molecule has 1 aliphatic heterocycles. The molecule has 1 aliphatic rings. The fourth-order valence-corrected chi connectivity index (χ4v) is 3.28. The van der Waals surface area contributed by atoms with Gasteiger partial charge in [0.25, 0.3) is 0 Å². The van der Waals surface area contributed by atoms with Crippen LogP contribution in [0.3, 0.4) is 0 Å². The van der Waals surface area contributed by atoms with E-state index in [9.17, 15) is 4.79 Å². The normalized spacial score (nSPS) is 21.4. The maximum Gasteiger partial charge on any atom is 0.345 e. The number of thiophene rings is 1. The summed E-state index contributed by atoms with van der Waals surface area (Å²) in [5, 5.41) is 8.91. The van der Waals surface area contributed by atoms with E-state index in [1.54, 1.807) is 6.07 Å². The molecule has 0 aromatic carbocycles. The zero-order valence-corrected chi connectivity index (χ0v) is 11.7. The zero-order chi connectivity index (χ0) is 13.1. The van der Waals surface area contributed by atoms with E-state index < -0.39 is 5.97 Å². The molecule has 0 amide bonds. The lowest BCUT2D eigenvalue weighted by molar-refractivity contribution is 0.0702. The number of rotatable bonds is 4. The van der Waals surface area contributed by atoms with Crippen molar-refractivity contribution >= 4 is 17.3 Å². The largest absolute Gasteiger partial charge is 0.477 e. The number of carbonyl (C=O) groups is 1. The van der Waals surface area contributed by atoms with Crippen molar-refractivity contribution in [1.82, 2.24) is 9.80 Å². The first kappa shape index (κ1) is 13.5. The molecule has 1 unspecified atom stereocenters. The van der Waals surface area contributed by atoms with Gasteiger partial charge < -0.3 is 10.0 Å². The molecule has 5 heteroatoms. The van der Waals surface area contributed by atoms with Crippen LogP contribution in [0.15, 0.2) is 12.1 Å². The first-order valence-corrected chi connectivity index (χ1v) is 7.08. The van der Waals surface area contributed by atoms with E-state index in [1.807, 2.05) is 6.07 Å². The molecule has 1 aromatic rings. The van der Waals surface area contributed by atoms with Crippen LogP contribution in [0.1, 0.15) is 27.4 Å². The van der Waals surface area contributed by atoms with Gasteiger partial charge in [0.15, 0.2) is 0 Å². The van der Waals surface area contributed by atoms with Crippen LogP contribution in [-0.4, -0.2) is 54.1 Å². The monoisotopic (exact) mass is 268 g/mol. The number of hydrogen-bond acceptors (Lipinski definition) is 4. The van der Waals surface area contributed by atoms with Gasteiger partial charge >= 0.3 is 5.97 Å². The van der Waals surface area contributed by atoms with Crippen molar-refractivity contribution in [3.63, 3.8) is 0 Å². The summed E-state index contributed by atoms with van der Waals surface area (Å²) >= 11 is 1.39. The highest BCUT2D eigenvalue weighted by atomic mass is 32.1. The molecule has 1 fully saturated rings. The number of likely N-dealkylation sites (N-methyl/N-ethyl adjacent to an activating group) is 1. The van der Waals surface area contributed by atoms with Crippen LogP contribution in [0.25, 0.3) is 0 Å². The first-order valence-electron chi connectivity index (χ1n) is 6.27. The first-order chi connectivity index (χ1) is 8.56. The number of hydrogen-bond donors (Lipinski definition) is 1. The van der Waals surface area contributed by atoms with Crippen molar-refractivity contribution in [3.05, 3.63) is 21.9 Å². The van der Waals surface area contributed by atoms with Crippen molar-refractivity contribution in [1.29, 1.82) is 0 Å². The summed E-state index contributed by atoms with van der Waals surface area (Å²) in [5.41, 5.74) is 0. The number of nitrogens with zero attached hydrogens (tertiary/aromatic N) is 2. The molecule has 0 radical (unpaired) electrons. The van der Waals surface area contributed by atoms with Crippen LogP contribution < -0.4 is 0 Å². The minimum Gasteiger partial charge on any atom is -0.477 e. The number of aromatic carboxylic acids is 1. The van der Waals surface area contributed by atoms with E-state index in [-0.39, 0.29) is 0 Å². The molecule has 100 valence electrons. The average Bonchev–Trinajstić information content (AvgIpc) is 2.78. The quantitative estimate of drug-likeness (QED) is 0.907. The van der Waals surface area contributed by atoms with Gasteiger partial charge in [-0.05, 0) is 45.6 Å². The molecule has 0 spiro atoms. The highest BCUT2D eigenvalue weighted by molar-refractivity contribution is 7.13. The van der Waals surface area contributed by atoms with E-state index in [0.29, 0.717) is 10.9 Å². The Kier molecular flexibility index (Phi) is 4.37. The van der Waals surface area contributed by atoms with E-state index in [1.165, 1.54) is 24.2 Å². The van der Waals surface area contributed by atoms with Crippen molar-refractivity contribution in [2.24, 2.45) is 0 Å². The van der Waals surface area contributed by atoms with Crippen LogP contribution in [0.5, 0.6) is 0 Å². The fraction of sp³-hybridized carbons (Fsp3) is 0.615. The molecule has 2 heterocycles. The van der Waals surface area contributed by atoms with Gasteiger partial charge in [-0.2, -0.15) is 0 Å². The Morgan fingerprint density at radius 1 is 1.56 bits per heavy atom. The van der Waals surface area contributed by atoms with Crippen LogP contribution in [0.2, 0.25) is 0 Å². The Balaban J connectivity index is 1.94. The smallest absolute Gasteiger partial charge is 0.345 e. The van der Waals surface area contributed by atoms with Gasteiger partial charge in [0.2, 0.25) is 0 Å². The molecule has 1 N–H and O–H groups in total. The molecule has 1 atom stereocenters. The van der Waals surface area contributed by atoms with Gasteiger partial charge in [0.1, 0.15) is 4.88 Å². The third-order valence-corrected chi connectivity index (χ3v) is 4.52. The summed E-state index contributed by atoms with van der Waals surface area (Å²) < 4.78 is 0. The van der Waals surface area contributed by atoms with Gasteiger partial charge in [0, 0.05) is 24.0 Å². The Bertz CT molecular complexity index is 417. The number of piperidine rings is 1. The van der Waals surface area contributed by atoms with E-state index in [0.717, 1.165) is 24.5 Å². The lowest BCUT2D eigenvalue weighted by Crippen LogP contribution is -2.44. The molecular weight excluding hydrogens is 248 g/mol. The van der Waals surface area contributed by atoms with Gasteiger partial charge in [-0.3, -0.25) is 4.90 Å². The second kappa shape index (κ2) is 5.82. The van der Waals surface area contributed by atoms with E-state index >= 15 is 0 Å². The van der Waals surface area contributed by atoms with Crippen LogP contribution in [0.4, 0.5) is 0 Å². The van der Waals surface area contributed by atoms with Crippen molar-refractivity contribution < 1.29 is 9.90 Å². The lowest BCUT2D eigenvalue weighted by atomic mass is 10.1. The molecule has 2 rings (SSSR count). The molecule has 1 saturated heterocycles. The zero-order valence-electron chi connectivity index (χ0n) is 10.9. The van der Waals surface area contributed by atoms with Crippen molar-refractivity contribution in [3.8, 4) is 0 Å². The highest BCUT2D eigenvalue weighted by Crippen LogP contribution is 2.21. The summed E-state index contributed by atoms with van der Waals surface area (Å²) in [5.74, 6) is -0.823. The Labute approximate surface area is 112 Å². The summed E-state index contributed by atoms with van der Waals surface area (Å²) in [6, 6.07) is 4.26. The maximum absolute atomic E-state index is 10.8. The molecule has 4 nitrogen and oxygen atoms in total. The summed E-state index contributed by atoms with van der Waals surface area (Å²) in [6.07, 6.45) is 2.48. The Morgan fingerprint density at radius 2 is 2.33 bits per heavy atom. The van der Waals surface area contributed by atoms with Crippen molar-refractivity contribution in [2.45, 2.75) is 25.4 Å². The minimum absolute atomic E-state index is 0.436. The molecule has 0 saturated carbocycles. The van der Waals surface area contributed by atoms with Gasteiger partial charge in [-0.15, -0.1) is 11.3 Å². The van der Waals surface area contributed by atoms with Crippen LogP contribution in [0, 0.1) is 0 Å². The predicted molar refractivity (Wildman–Crippen MR) is 73.3 cm³/mol. The topological polar surface area (TPSA) is 43.8 Å². The van der Waals surface area contributed by atoms with Gasteiger partial charge in [-0.1, -0.05) is 0 Å².